The molecule has 0 radical (unpaired) electrons. The van der Waals surface area contributed by atoms with Gasteiger partial charge in [0.25, 0.3) is 5.91 Å². The number of rotatable bonds is 3. The number of nitrogens with one attached hydrogen (secondary N) is 2. The summed E-state index contributed by atoms with van der Waals surface area (Å²) < 4.78 is 2.73. The molecule has 2 aromatic rings. The lowest BCUT2D eigenvalue weighted by Gasteiger charge is -2.30. The van der Waals surface area contributed by atoms with Gasteiger partial charge in [-0.25, -0.2) is 4.68 Å². The van der Waals surface area contributed by atoms with Crippen LogP contribution in [-0.4, -0.2) is 34.8 Å². The molecular formula is C16H19BrN4O. The number of carbonyl (C=O) groups is 1. The van der Waals surface area contributed by atoms with Crippen molar-refractivity contribution in [2.24, 2.45) is 5.92 Å². The van der Waals surface area contributed by atoms with E-state index >= 15 is 0 Å². The number of halogens is 1. The highest BCUT2D eigenvalue weighted by Crippen LogP contribution is 2.15. The molecule has 2 heterocycles. The minimum absolute atomic E-state index is 0.0536. The number of hydrogen-bond donors (Lipinski definition) is 2. The zero-order valence-electron chi connectivity index (χ0n) is 12.4. The van der Waals surface area contributed by atoms with Gasteiger partial charge >= 0.3 is 0 Å². The lowest BCUT2D eigenvalue weighted by atomic mass is 9.95. The van der Waals surface area contributed by atoms with E-state index in [1.807, 2.05) is 24.3 Å². The fraction of sp³-hybridized carbons (Fsp3) is 0.375. The highest BCUT2D eigenvalue weighted by Gasteiger charge is 2.23. The Hall–Kier alpha value is -1.66. The summed E-state index contributed by atoms with van der Waals surface area (Å²) in [5.74, 6) is 0.390. The van der Waals surface area contributed by atoms with Gasteiger partial charge in [0.05, 0.1) is 17.4 Å². The molecule has 2 N–H and O–H groups in total. The van der Waals surface area contributed by atoms with Gasteiger partial charge in [-0.05, 0) is 49.7 Å². The van der Waals surface area contributed by atoms with Crippen molar-refractivity contribution in [1.29, 1.82) is 0 Å². The Kier molecular flexibility index (Phi) is 4.59. The smallest absolute Gasteiger partial charge is 0.254 e. The van der Waals surface area contributed by atoms with Gasteiger partial charge in [0, 0.05) is 16.7 Å². The van der Waals surface area contributed by atoms with Crippen LogP contribution in [0.3, 0.4) is 0 Å². The molecule has 0 spiro atoms. The molecule has 1 aliphatic rings. The van der Waals surface area contributed by atoms with Gasteiger partial charge in [-0.1, -0.05) is 22.9 Å². The monoisotopic (exact) mass is 362 g/mol. The van der Waals surface area contributed by atoms with E-state index in [9.17, 15) is 4.79 Å². The molecule has 116 valence electrons. The normalized spacial score (nSPS) is 21.5. The number of benzene rings is 1. The van der Waals surface area contributed by atoms with Gasteiger partial charge < -0.3 is 10.6 Å². The molecule has 1 aromatic carbocycles. The van der Waals surface area contributed by atoms with Gasteiger partial charge in [0.2, 0.25) is 0 Å². The van der Waals surface area contributed by atoms with Crippen LogP contribution in [-0.2, 0) is 0 Å². The molecule has 1 aromatic heterocycles. The van der Waals surface area contributed by atoms with Crippen molar-refractivity contribution in [3.63, 3.8) is 0 Å². The zero-order chi connectivity index (χ0) is 15.5. The summed E-state index contributed by atoms with van der Waals surface area (Å²) >= 11 is 3.41. The Bertz CT molecular complexity index is 652. The van der Waals surface area contributed by atoms with Gasteiger partial charge in [-0.15, -0.1) is 0 Å². The van der Waals surface area contributed by atoms with Gasteiger partial charge in [0.15, 0.2) is 0 Å². The van der Waals surface area contributed by atoms with E-state index in [0.29, 0.717) is 11.5 Å². The Morgan fingerprint density at radius 3 is 2.91 bits per heavy atom. The molecule has 2 atom stereocenters. The van der Waals surface area contributed by atoms with Crippen LogP contribution < -0.4 is 10.6 Å². The first-order valence-corrected chi connectivity index (χ1v) is 8.25. The van der Waals surface area contributed by atoms with Gasteiger partial charge in [-0.2, -0.15) is 5.10 Å². The predicted molar refractivity (Wildman–Crippen MR) is 89.2 cm³/mol. The molecule has 0 bridgehead atoms. The molecule has 3 rings (SSSR count). The van der Waals surface area contributed by atoms with Crippen molar-refractivity contribution in [3.8, 4) is 5.69 Å². The van der Waals surface area contributed by atoms with E-state index in [0.717, 1.165) is 29.7 Å². The second-order valence-electron chi connectivity index (χ2n) is 5.70. The van der Waals surface area contributed by atoms with Gasteiger partial charge in [-0.3, -0.25) is 4.79 Å². The van der Waals surface area contributed by atoms with Crippen LogP contribution in [0.5, 0.6) is 0 Å². The average Bonchev–Trinajstić information content (AvgIpc) is 3.00. The molecule has 5 nitrogen and oxygen atoms in total. The molecule has 1 aliphatic heterocycles. The number of aromatic nitrogens is 2. The first-order chi connectivity index (χ1) is 10.6. The summed E-state index contributed by atoms with van der Waals surface area (Å²) in [5, 5.41) is 10.7. The van der Waals surface area contributed by atoms with E-state index in [2.05, 4.69) is 38.6 Å². The van der Waals surface area contributed by atoms with Gasteiger partial charge in [0.1, 0.15) is 0 Å². The lowest BCUT2D eigenvalue weighted by Crippen LogP contribution is -2.48. The van der Waals surface area contributed by atoms with Crippen LogP contribution >= 0.6 is 15.9 Å². The predicted octanol–water partition coefficient (Wildman–Crippen LogP) is 2.36. The van der Waals surface area contributed by atoms with E-state index in [1.54, 1.807) is 17.1 Å². The fourth-order valence-corrected chi connectivity index (χ4v) is 2.92. The summed E-state index contributed by atoms with van der Waals surface area (Å²) in [5.41, 5.74) is 1.52. The maximum absolute atomic E-state index is 12.4. The standard InChI is InChI=1S/C16H19BrN4O/c1-11-8-18-7-6-15(11)20-16(22)12-9-19-21(10-12)14-4-2-13(17)3-5-14/h2-5,9-11,15,18H,6-8H2,1H3,(H,20,22). The molecule has 1 saturated heterocycles. The topological polar surface area (TPSA) is 58.9 Å². The first-order valence-electron chi connectivity index (χ1n) is 7.45. The van der Waals surface area contributed by atoms with Crippen LogP contribution in [0.25, 0.3) is 5.69 Å². The molecule has 6 heteroatoms. The Balaban J connectivity index is 1.70. The van der Waals surface area contributed by atoms with Crippen molar-refractivity contribution in [3.05, 3.63) is 46.7 Å². The van der Waals surface area contributed by atoms with Crippen molar-refractivity contribution in [2.45, 2.75) is 19.4 Å². The minimum Gasteiger partial charge on any atom is -0.349 e. The highest BCUT2D eigenvalue weighted by molar-refractivity contribution is 9.10. The third kappa shape index (κ3) is 3.39. The van der Waals surface area contributed by atoms with Crippen molar-refractivity contribution in [1.82, 2.24) is 20.4 Å². The summed E-state index contributed by atoms with van der Waals surface area (Å²) in [6, 6.07) is 8.03. The maximum Gasteiger partial charge on any atom is 0.254 e. The molecule has 1 amide bonds. The van der Waals surface area contributed by atoms with E-state index in [-0.39, 0.29) is 11.9 Å². The van der Waals surface area contributed by atoms with Crippen molar-refractivity contribution < 1.29 is 4.79 Å². The maximum atomic E-state index is 12.4. The highest BCUT2D eigenvalue weighted by atomic mass is 79.9. The summed E-state index contributed by atoms with van der Waals surface area (Å²) in [4.78, 5) is 12.4. The Morgan fingerprint density at radius 1 is 1.41 bits per heavy atom. The lowest BCUT2D eigenvalue weighted by molar-refractivity contribution is 0.0914. The van der Waals surface area contributed by atoms with E-state index in [1.165, 1.54) is 0 Å². The molecular weight excluding hydrogens is 344 g/mol. The van der Waals surface area contributed by atoms with E-state index in [4.69, 9.17) is 0 Å². The Labute approximate surface area is 138 Å². The van der Waals surface area contributed by atoms with Crippen molar-refractivity contribution in [2.75, 3.05) is 13.1 Å². The SMILES string of the molecule is CC1CNCCC1NC(=O)c1cnn(-c2ccc(Br)cc2)c1. The van der Waals surface area contributed by atoms with Crippen LogP contribution in [0, 0.1) is 5.92 Å². The summed E-state index contributed by atoms with van der Waals surface area (Å²) in [7, 11) is 0. The van der Waals surface area contributed by atoms with Crippen LogP contribution in [0.1, 0.15) is 23.7 Å². The van der Waals surface area contributed by atoms with Crippen LogP contribution in [0.15, 0.2) is 41.1 Å². The van der Waals surface area contributed by atoms with Crippen LogP contribution in [0.4, 0.5) is 0 Å². The Morgan fingerprint density at radius 2 is 2.18 bits per heavy atom. The second-order valence-corrected chi connectivity index (χ2v) is 6.62. The first kappa shape index (κ1) is 15.2. The third-order valence-electron chi connectivity index (χ3n) is 4.04. The minimum atomic E-state index is -0.0536. The zero-order valence-corrected chi connectivity index (χ0v) is 14.0. The summed E-state index contributed by atoms with van der Waals surface area (Å²) in [6.45, 7) is 4.05. The fourth-order valence-electron chi connectivity index (χ4n) is 2.66. The third-order valence-corrected chi connectivity index (χ3v) is 4.57. The molecule has 0 saturated carbocycles. The van der Waals surface area contributed by atoms with Crippen molar-refractivity contribution >= 4 is 21.8 Å². The number of hydrogen-bond acceptors (Lipinski definition) is 3. The number of nitrogens with zero attached hydrogens (tertiary/aromatic N) is 2. The quantitative estimate of drug-likeness (QED) is 0.880. The van der Waals surface area contributed by atoms with E-state index < -0.39 is 0 Å². The molecule has 1 fully saturated rings. The molecule has 2 unspecified atom stereocenters. The number of carbonyl (C=O) groups excluding carboxylic acids is 1. The number of amides is 1. The number of piperidine rings is 1. The van der Waals surface area contributed by atoms with Crippen LogP contribution in [0.2, 0.25) is 0 Å². The molecule has 22 heavy (non-hydrogen) atoms. The average molecular weight is 363 g/mol. The summed E-state index contributed by atoms with van der Waals surface area (Å²) in [6.07, 6.45) is 4.35. The molecule has 0 aliphatic carbocycles. The largest absolute Gasteiger partial charge is 0.349 e. The second kappa shape index (κ2) is 6.62.